The Balaban J connectivity index is 1.98. The Morgan fingerprint density at radius 3 is 1.57 bits per heavy atom. The zero-order chi connectivity index (χ0) is 20.1. The molecule has 0 aliphatic carbocycles. The number of thioether (sulfide) groups is 1. The maximum Gasteiger partial charge on any atom is 0.209 e. The van der Waals surface area contributed by atoms with Crippen LogP contribution in [0.2, 0.25) is 0 Å². The third-order valence-corrected chi connectivity index (χ3v) is 4.39. The molecule has 0 amide bonds. The Morgan fingerprint density at radius 2 is 1.14 bits per heavy atom. The predicted molar refractivity (Wildman–Crippen MR) is 114 cm³/mol. The molecular formula is C22H25N3O2S. The summed E-state index contributed by atoms with van der Waals surface area (Å²) in [7, 11) is 0. The van der Waals surface area contributed by atoms with Crippen LogP contribution in [0.1, 0.15) is 27.7 Å². The smallest absolute Gasteiger partial charge is 0.209 e. The van der Waals surface area contributed by atoms with Crippen LogP contribution in [0.25, 0.3) is 22.5 Å². The van der Waals surface area contributed by atoms with Crippen LogP contribution in [-0.2, 0) is 0 Å². The monoisotopic (exact) mass is 395 g/mol. The number of rotatable bonds is 7. The van der Waals surface area contributed by atoms with Gasteiger partial charge in [0.2, 0.25) is 5.16 Å². The summed E-state index contributed by atoms with van der Waals surface area (Å²) >= 11 is 1.47. The van der Waals surface area contributed by atoms with Gasteiger partial charge in [-0.2, -0.15) is 0 Å². The van der Waals surface area contributed by atoms with E-state index < -0.39 is 0 Å². The molecule has 0 aliphatic rings. The molecule has 146 valence electrons. The van der Waals surface area contributed by atoms with E-state index in [-0.39, 0.29) is 12.2 Å². The molecule has 0 spiro atoms. The van der Waals surface area contributed by atoms with Crippen LogP contribution in [0, 0.1) is 0 Å². The second-order valence-electron chi connectivity index (χ2n) is 6.88. The summed E-state index contributed by atoms with van der Waals surface area (Å²) in [6.07, 6.45) is 2.21. The lowest BCUT2D eigenvalue weighted by Gasteiger charge is -2.13. The third-order valence-electron chi connectivity index (χ3n) is 3.85. The van der Waals surface area contributed by atoms with Crippen molar-refractivity contribution in [1.82, 2.24) is 15.2 Å². The molecule has 2 aromatic carbocycles. The summed E-state index contributed by atoms with van der Waals surface area (Å²) in [5.74, 6) is 1.67. The van der Waals surface area contributed by atoms with Crippen LogP contribution in [-0.4, -0.2) is 33.6 Å². The van der Waals surface area contributed by atoms with Crippen molar-refractivity contribution in [3.8, 4) is 34.0 Å². The fourth-order valence-corrected chi connectivity index (χ4v) is 3.03. The molecule has 1 aromatic heterocycles. The largest absolute Gasteiger partial charge is 0.491 e. The van der Waals surface area contributed by atoms with E-state index in [9.17, 15) is 0 Å². The van der Waals surface area contributed by atoms with Gasteiger partial charge in [-0.15, -0.1) is 10.2 Å². The van der Waals surface area contributed by atoms with Gasteiger partial charge in [-0.25, -0.2) is 4.98 Å². The lowest BCUT2D eigenvalue weighted by Crippen LogP contribution is -2.05. The molecule has 0 radical (unpaired) electrons. The fraction of sp³-hybridized carbons (Fsp3) is 0.318. The van der Waals surface area contributed by atoms with Crippen molar-refractivity contribution in [2.75, 3.05) is 6.26 Å². The first-order valence-corrected chi connectivity index (χ1v) is 10.5. The van der Waals surface area contributed by atoms with E-state index in [4.69, 9.17) is 14.5 Å². The van der Waals surface area contributed by atoms with Crippen LogP contribution in [0.3, 0.4) is 0 Å². The Morgan fingerprint density at radius 1 is 0.679 bits per heavy atom. The van der Waals surface area contributed by atoms with Gasteiger partial charge >= 0.3 is 0 Å². The van der Waals surface area contributed by atoms with Gasteiger partial charge in [-0.05, 0) is 82.5 Å². The lowest BCUT2D eigenvalue weighted by atomic mass is 10.0. The Hall–Kier alpha value is -2.60. The van der Waals surface area contributed by atoms with Gasteiger partial charge in [-0.3, -0.25) is 0 Å². The highest BCUT2D eigenvalue weighted by molar-refractivity contribution is 7.98. The van der Waals surface area contributed by atoms with Gasteiger partial charge in [0.1, 0.15) is 22.9 Å². The molecular weight excluding hydrogens is 370 g/mol. The molecule has 0 fully saturated rings. The summed E-state index contributed by atoms with van der Waals surface area (Å²) in [5.41, 5.74) is 3.46. The van der Waals surface area contributed by atoms with Crippen LogP contribution < -0.4 is 9.47 Å². The first kappa shape index (κ1) is 20.1. The van der Waals surface area contributed by atoms with Gasteiger partial charge in [0.15, 0.2) is 0 Å². The average molecular weight is 396 g/mol. The molecule has 0 bridgehead atoms. The van der Waals surface area contributed by atoms with E-state index in [0.29, 0.717) is 5.16 Å². The van der Waals surface area contributed by atoms with Crippen molar-refractivity contribution in [3.05, 3.63) is 48.5 Å². The molecule has 0 saturated carbocycles. The molecule has 6 heteroatoms. The standard InChI is InChI=1S/C22H25N3O2S/c1-14(2)26-18-10-6-16(7-11-18)20-21(24-25-22(23-20)28-5)17-8-12-19(13-9-17)27-15(3)4/h6-15H,1-5H3. The highest BCUT2D eigenvalue weighted by Crippen LogP contribution is 2.31. The quantitative estimate of drug-likeness (QED) is 0.492. The minimum atomic E-state index is 0.135. The normalized spacial score (nSPS) is 11.1. The first-order chi connectivity index (χ1) is 13.5. The summed E-state index contributed by atoms with van der Waals surface area (Å²) in [6.45, 7) is 8.04. The summed E-state index contributed by atoms with van der Waals surface area (Å²) in [5, 5.41) is 9.33. The molecule has 28 heavy (non-hydrogen) atoms. The minimum absolute atomic E-state index is 0.135. The third kappa shape index (κ3) is 5.01. The average Bonchev–Trinajstić information content (AvgIpc) is 2.68. The minimum Gasteiger partial charge on any atom is -0.491 e. The molecule has 0 aliphatic heterocycles. The number of nitrogens with zero attached hydrogens (tertiary/aromatic N) is 3. The second-order valence-corrected chi connectivity index (χ2v) is 7.65. The number of benzene rings is 2. The molecule has 5 nitrogen and oxygen atoms in total. The Kier molecular flexibility index (Phi) is 6.52. The second kappa shape index (κ2) is 9.06. The number of hydrogen-bond acceptors (Lipinski definition) is 6. The highest BCUT2D eigenvalue weighted by Gasteiger charge is 2.14. The SMILES string of the molecule is CSc1nnc(-c2ccc(OC(C)C)cc2)c(-c2ccc(OC(C)C)cc2)n1. The van der Waals surface area contributed by atoms with Gasteiger partial charge in [0.25, 0.3) is 0 Å². The van der Waals surface area contributed by atoms with E-state index in [2.05, 4.69) is 10.2 Å². The van der Waals surface area contributed by atoms with Crippen LogP contribution >= 0.6 is 11.8 Å². The maximum atomic E-state index is 5.74. The molecule has 3 rings (SSSR count). The number of ether oxygens (including phenoxy) is 2. The lowest BCUT2D eigenvalue weighted by molar-refractivity contribution is 0.242. The van der Waals surface area contributed by atoms with Gasteiger partial charge in [-0.1, -0.05) is 11.8 Å². The zero-order valence-electron chi connectivity index (χ0n) is 16.8. The molecule has 0 atom stereocenters. The van der Waals surface area contributed by atoms with Crippen LogP contribution in [0.5, 0.6) is 11.5 Å². The van der Waals surface area contributed by atoms with Crippen molar-refractivity contribution in [3.63, 3.8) is 0 Å². The van der Waals surface area contributed by atoms with Crippen LogP contribution in [0.15, 0.2) is 53.7 Å². The Labute approximate surface area is 170 Å². The summed E-state index contributed by atoms with van der Waals surface area (Å²) in [4.78, 5) is 4.72. The molecule has 0 unspecified atom stereocenters. The van der Waals surface area contributed by atoms with Crippen molar-refractivity contribution >= 4 is 11.8 Å². The summed E-state index contributed by atoms with van der Waals surface area (Å²) < 4.78 is 11.5. The van der Waals surface area contributed by atoms with Crippen molar-refractivity contribution < 1.29 is 9.47 Å². The molecule has 0 N–H and O–H groups in total. The van der Waals surface area contributed by atoms with Crippen LogP contribution in [0.4, 0.5) is 0 Å². The zero-order valence-corrected chi connectivity index (χ0v) is 17.7. The molecule has 3 aromatic rings. The van der Waals surface area contributed by atoms with Gasteiger partial charge in [0, 0.05) is 11.1 Å². The van der Waals surface area contributed by atoms with Gasteiger partial charge < -0.3 is 9.47 Å². The van der Waals surface area contributed by atoms with Crippen molar-refractivity contribution in [1.29, 1.82) is 0 Å². The van der Waals surface area contributed by atoms with E-state index in [1.807, 2.05) is 82.5 Å². The summed E-state index contributed by atoms with van der Waals surface area (Å²) in [6, 6.07) is 15.8. The predicted octanol–water partition coefficient (Wildman–Crippen LogP) is 5.50. The van der Waals surface area contributed by atoms with E-state index in [1.165, 1.54) is 11.8 Å². The van der Waals surface area contributed by atoms with E-state index in [1.54, 1.807) is 0 Å². The van der Waals surface area contributed by atoms with Crippen molar-refractivity contribution in [2.45, 2.75) is 45.1 Å². The van der Waals surface area contributed by atoms with E-state index in [0.717, 1.165) is 34.0 Å². The molecule has 0 saturated heterocycles. The Bertz CT molecular complexity index is 910. The van der Waals surface area contributed by atoms with Crippen molar-refractivity contribution in [2.24, 2.45) is 0 Å². The number of aromatic nitrogens is 3. The topological polar surface area (TPSA) is 57.1 Å². The number of hydrogen-bond donors (Lipinski definition) is 0. The van der Waals surface area contributed by atoms with E-state index >= 15 is 0 Å². The highest BCUT2D eigenvalue weighted by atomic mass is 32.2. The molecule has 1 heterocycles. The van der Waals surface area contributed by atoms with Gasteiger partial charge in [0.05, 0.1) is 12.2 Å². The maximum absolute atomic E-state index is 5.74. The first-order valence-electron chi connectivity index (χ1n) is 9.29. The fourth-order valence-electron chi connectivity index (χ4n) is 2.72.